The van der Waals surface area contributed by atoms with Crippen molar-refractivity contribution in [3.05, 3.63) is 66.0 Å². The molecule has 0 fully saturated rings. The van der Waals surface area contributed by atoms with Crippen LogP contribution in [0.15, 0.2) is 54.6 Å². The molecule has 0 heterocycles. The van der Waals surface area contributed by atoms with E-state index in [1.807, 2.05) is 18.2 Å². The highest BCUT2D eigenvalue weighted by atomic mass is 19.1. The molecular weight excluding hydrogens is 220 g/mol. The van der Waals surface area contributed by atoms with E-state index in [1.54, 1.807) is 24.3 Å². The van der Waals surface area contributed by atoms with E-state index in [9.17, 15) is 8.78 Å². The molecule has 2 aromatic carbocycles. The van der Waals surface area contributed by atoms with E-state index in [4.69, 9.17) is 0 Å². The van der Waals surface area contributed by atoms with Gasteiger partial charge in [-0.1, -0.05) is 30.3 Å². The molecule has 0 bridgehead atoms. The minimum Gasteiger partial charge on any atom is -0.356 e. The second-order valence-electron chi connectivity index (χ2n) is 3.81. The summed E-state index contributed by atoms with van der Waals surface area (Å²) >= 11 is 0. The Morgan fingerprint density at radius 3 is 2.24 bits per heavy atom. The number of para-hydroxylation sites is 1. The Labute approximate surface area is 99.1 Å². The third-order valence-electron chi connectivity index (χ3n) is 2.43. The van der Waals surface area contributed by atoms with Gasteiger partial charge in [0, 0.05) is 12.1 Å². The summed E-state index contributed by atoms with van der Waals surface area (Å²) in [6, 6.07) is 15.0. The van der Waals surface area contributed by atoms with Gasteiger partial charge in [-0.2, -0.15) is 0 Å². The summed E-state index contributed by atoms with van der Waals surface area (Å²) in [7, 11) is 0. The lowest BCUT2D eigenvalue weighted by Crippen LogP contribution is -2.16. The average molecular weight is 233 g/mol. The zero-order valence-corrected chi connectivity index (χ0v) is 9.24. The first kappa shape index (κ1) is 11.6. The fourth-order valence-electron chi connectivity index (χ4n) is 1.59. The van der Waals surface area contributed by atoms with Crippen molar-refractivity contribution in [2.75, 3.05) is 5.32 Å². The number of benzene rings is 2. The van der Waals surface area contributed by atoms with Crippen LogP contribution in [0, 0.1) is 5.82 Å². The van der Waals surface area contributed by atoms with E-state index in [0.29, 0.717) is 0 Å². The number of halogens is 2. The molecule has 1 N–H and O–H groups in total. The lowest BCUT2D eigenvalue weighted by Gasteiger charge is -2.11. The van der Waals surface area contributed by atoms with Crippen LogP contribution in [0.1, 0.15) is 5.56 Å². The first-order valence-electron chi connectivity index (χ1n) is 5.44. The molecule has 2 aromatic rings. The molecule has 88 valence electrons. The van der Waals surface area contributed by atoms with Crippen LogP contribution in [0.25, 0.3) is 0 Å². The molecule has 0 amide bonds. The van der Waals surface area contributed by atoms with Gasteiger partial charge in [0.25, 0.3) is 0 Å². The molecule has 17 heavy (non-hydrogen) atoms. The van der Waals surface area contributed by atoms with Crippen LogP contribution in [0.4, 0.5) is 14.5 Å². The smallest absolute Gasteiger partial charge is 0.174 e. The average Bonchev–Trinajstić information content (AvgIpc) is 2.33. The topological polar surface area (TPSA) is 12.0 Å². The Morgan fingerprint density at radius 1 is 0.941 bits per heavy atom. The van der Waals surface area contributed by atoms with Gasteiger partial charge in [0.15, 0.2) is 6.30 Å². The van der Waals surface area contributed by atoms with Crippen molar-refractivity contribution in [2.24, 2.45) is 0 Å². The van der Waals surface area contributed by atoms with Crippen LogP contribution in [0.2, 0.25) is 0 Å². The number of hydrogen-bond acceptors (Lipinski definition) is 1. The molecule has 0 aliphatic rings. The standard InChI is InChI=1S/C14H13F2N/c15-12-8-6-11(7-9-12)10-14(16)17-13-4-2-1-3-5-13/h1-9,14,17H,10H2. The van der Waals surface area contributed by atoms with Gasteiger partial charge in [-0.15, -0.1) is 0 Å². The predicted molar refractivity (Wildman–Crippen MR) is 65.1 cm³/mol. The molecule has 0 radical (unpaired) electrons. The van der Waals surface area contributed by atoms with Crippen molar-refractivity contribution in [3.63, 3.8) is 0 Å². The van der Waals surface area contributed by atoms with Crippen molar-refractivity contribution in [3.8, 4) is 0 Å². The first-order valence-corrected chi connectivity index (χ1v) is 5.44. The normalized spacial score (nSPS) is 12.1. The Balaban J connectivity index is 1.93. The number of nitrogens with one attached hydrogen (secondary N) is 1. The van der Waals surface area contributed by atoms with Gasteiger partial charge in [-0.05, 0) is 29.8 Å². The quantitative estimate of drug-likeness (QED) is 0.792. The highest BCUT2D eigenvalue weighted by Gasteiger charge is 2.07. The van der Waals surface area contributed by atoms with E-state index in [2.05, 4.69) is 5.32 Å². The van der Waals surface area contributed by atoms with Gasteiger partial charge in [0.2, 0.25) is 0 Å². The summed E-state index contributed by atoms with van der Waals surface area (Å²) in [5.41, 5.74) is 1.50. The molecule has 1 unspecified atom stereocenters. The number of hydrogen-bond donors (Lipinski definition) is 1. The van der Waals surface area contributed by atoms with Crippen molar-refractivity contribution in [2.45, 2.75) is 12.7 Å². The SMILES string of the molecule is Fc1ccc(CC(F)Nc2ccccc2)cc1. The van der Waals surface area contributed by atoms with Crippen molar-refractivity contribution < 1.29 is 8.78 Å². The van der Waals surface area contributed by atoms with Crippen LogP contribution >= 0.6 is 0 Å². The van der Waals surface area contributed by atoms with Crippen LogP contribution < -0.4 is 5.32 Å². The van der Waals surface area contributed by atoms with Crippen LogP contribution in [-0.2, 0) is 6.42 Å². The fourth-order valence-corrected chi connectivity index (χ4v) is 1.59. The molecule has 3 heteroatoms. The van der Waals surface area contributed by atoms with Gasteiger partial charge < -0.3 is 5.32 Å². The fraction of sp³-hybridized carbons (Fsp3) is 0.143. The largest absolute Gasteiger partial charge is 0.356 e. The highest BCUT2D eigenvalue weighted by Crippen LogP contribution is 2.12. The summed E-state index contributed by atoms with van der Waals surface area (Å²) in [4.78, 5) is 0. The molecule has 0 aliphatic carbocycles. The van der Waals surface area contributed by atoms with E-state index < -0.39 is 6.30 Å². The summed E-state index contributed by atoms with van der Waals surface area (Å²) in [5.74, 6) is -0.305. The Morgan fingerprint density at radius 2 is 1.59 bits per heavy atom. The monoisotopic (exact) mass is 233 g/mol. The van der Waals surface area contributed by atoms with E-state index in [1.165, 1.54) is 12.1 Å². The third-order valence-corrected chi connectivity index (χ3v) is 2.43. The Hall–Kier alpha value is -1.90. The molecule has 1 nitrogen and oxygen atoms in total. The van der Waals surface area contributed by atoms with E-state index in [0.717, 1.165) is 11.3 Å². The predicted octanol–water partition coefficient (Wildman–Crippen LogP) is 3.78. The molecule has 0 aromatic heterocycles. The summed E-state index contributed by atoms with van der Waals surface area (Å²) in [6.45, 7) is 0. The summed E-state index contributed by atoms with van der Waals surface area (Å²) in [6.07, 6.45) is -0.960. The number of rotatable bonds is 4. The molecule has 0 saturated carbocycles. The maximum atomic E-state index is 13.7. The maximum Gasteiger partial charge on any atom is 0.174 e. The molecule has 0 aliphatic heterocycles. The van der Waals surface area contributed by atoms with Crippen molar-refractivity contribution >= 4 is 5.69 Å². The van der Waals surface area contributed by atoms with Gasteiger partial charge in [-0.3, -0.25) is 0 Å². The van der Waals surface area contributed by atoms with Gasteiger partial charge in [0.05, 0.1) is 0 Å². The third kappa shape index (κ3) is 3.55. The highest BCUT2D eigenvalue weighted by molar-refractivity contribution is 5.43. The zero-order valence-electron chi connectivity index (χ0n) is 9.24. The lowest BCUT2D eigenvalue weighted by molar-refractivity contribution is 0.371. The minimum atomic E-state index is -1.18. The number of anilines is 1. The Bertz CT molecular complexity index is 453. The summed E-state index contributed by atoms with van der Waals surface area (Å²) in [5, 5.41) is 2.74. The molecule has 2 rings (SSSR count). The van der Waals surface area contributed by atoms with Crippen LogP contribution in [-0.4, -0.2) is 6.30 Å². The molecule has 1 atom stereocenters. The van der Waals surface area contributed by atoms with Crippen molar-refractivity contribution in [1.82, 2.24) is 0 Å². The Kier molecular flexibility index (Phi) is 3.70. The maximum absolute atomic E-state index is 13.7. The van der Waals surface area contributed by atoms with Crippen LogP contribution in [0.3, 0.4) is 0 Å². The molecule has 0 spiro atoms. The summed E-state index contributed by atoms with van der Waals surface area (Å²) < 4.78 is 26.3. The second kappa shape index (κ2) is 5.43. The first-order chi connectivity index (χ1) is 8.24. The lowest BCUT2D eigenvalue weighted by atomic mass is 10.1. The molecule has 0 saturated heterocycles. The van der Waals surface area contributed by atoms with Crippen molar-refractivity contribution in [1.29, 1.82) is 0 Å². The molecular formula is C14H13F2N. The number of alkyl halides is 1. The second-order valence-corrected chi connectivity index (χ2v) is 3.81. The zero-order chi connectivity index (χ0) is 12.1. The minimum absolute atomic E-state index is 0.217. The van der Waals surface area contributed by atoms with E-state index in [-0.39, 0.29) is 12.2 Å². The van der Waals surface area contributed by atoms with Gasteiger partial charge >= 0.3 is 0 Å². The van der Waals surface area contributed by atoms with Crippen LogP contribution in [0.5, 0.6) is 0 Å². The van der Waals surface area contributed by atoms with Gasteiger partial charge in [-0.25, -0.2) is 8.78 Å². The van der Waals surface area contributed by atoms with E-state index >= 15 is 0 Å². The van der Waals surface area contributed by atoms with Gasteiger partial charge in [0.1, 0.15) is 5.82 Å².